The van der Waals surface area contributed by atoms with Gasteiger partial charge in [-0.3, -0.25) is 9.78 Å². The Balaban J connectivity index is 1.85. The third-order valence-electron chi connectivity index (χ3n) is 3.64. The number of ether oxygens (including phenoxy) is 1. The quantitative estimate of drug-likeness (QED) is 0.418. The molecular weight excluding hydrogens is 467 g/mol. The van der Waals surface area contributed by atoms with Crippen LogP contribution < -0.4 is 15.7 Å². The topological polar surface area (TPSA) is 103 Å². The Morgan fingerprint density at radius 3 is 2.63 bits per heavy atom. The summed E-state index contributed by atoms with van der Waals surface area (Å²) in [6.45, 7) is 0. The highest BCUT2D eigenvalue weighted by molar-refractivity contribution is 9.10. The number of nitriles is 1. The number of anilines is 1. The first-order chi connectivity index (χ1) is 14.3. The fourth-order valence-electron chi connectivity index (χ4n) is 2.41. The summed E-state index contributed by atoms with van der Waals surface area (Å²) in [4.78, 5) is 18.8. The first-order valence-electron chi connectivity index (χ1n) is 8.21. The van der Waals surface area contributed by atoms with Gasteiger partial charge in [0.05, 0.1) is 16.4 Å². The fraction of sp³-hybridized carbons (Fsp3) is 0.0526. The van der Waals surface area contributed by atoms with Crippen molar-refractivity contribution in [3.63, 3.8) is 0 Å². The minimum absolute atomic E-state index is 0.0435. The molecule has 0 aliphatic heterocycles. The second-order valence-electron chi connectivity index (χ2n) is 5.72. The molecule has 152 valence electrons. The van der Waals surface area contributed by atoms with Crippen LogP contribution in [0, 0.1) is 11.3 Å². The van der Waals surface area contributed by atoms with Gasteiger partial charge in [-0.05, 0) is 33.6 Å². The number of aromatic amines is 1. The van der Waals surface area contributed by atoms with Crippen LogP contribution in [0.4, 0.5) is 19.1 Å². The summed E-state index contributed by atoms with van der Waals surface area (Å²) in [6.07, 6.45) is -3.62. The van der Waals surface area contributed by atoms with Crippen LogP contribution >= 0.6 is 15.9 Å². The molecule has 30 heavy (non-hydrogen) atoms. The maximum atomic E-state index is 12.4. The van der Waals surface area contributed by atoms with E-state index in [4.69, 9.17) is 0 Å². The molecule has 3 rings (SSSR count). The number of alkyl halides is 3. The van der Waals surface area contributed by atoms with Gasteiger partial charge in [-0.2, -0.15) is 10.4 Å². The van der Waals surface area contributed by atoms with Crippen LogP contribution in [0.2, 0.25) is 0 Å². The van der Waals surface area contributed by atoms with Crippen LogP contribution in [0.3, 0.4) is 0 Å². The molecule has 1 aromatic heterocycles. The van der Waals surface area contributed by atoms with Gasteiger partial charge in [-0.25, -0.2) is 10.4 Å². The summed E-state index contributed by atoms with van der Waals surface area (Å²) in [5.41, 5.74) is 2.71. The number of benzene rings is 2. The van der Waals surface area contributed by atoms with Crippen molar-refractivity contribution in [1.29, 1.82) is 5.26 Å². The number of hydrogen-bond donors (Lipinski definition) is 2. The van der Waals surface area contributed by atoms with Gasteiger partial charge in [-0.15, -0.1) is 13.2 Å². The van der Waals surface area contributed by atoms with Crippen molar-refractivity contribution in [3.05, 3.63) is 74.5 Å². The van der Waals surface area contributed by atoms with Gasteiger partial charge in [0.15, 0.2) is 0 Å². The minimum atomic E-state index is -4.84. The number of halogens is 4. The van der Waals surface area contributed by atoms with E-state index in [0.717, 1.165) is 6.07 Å². The maximum absolute atomic E-state index is 12.4. The molecular formula is C19H11BrF3N5O2. The Kier molecular flexibility index (Phi) is 6.17. The molecule has 7 nitrogen and oxygen atoms in total. The summed E-state index contributed by atoms with van der Waals surface area (Å²) in [5.74, 6) is -0.472. The summed E-state index contributed by atoms with van der Waals surface area (Å²) in [7, 11) is 0. The average Bonchev–Trinajstić information content (AvgIpc) is 2.69. The molecule has 0 saturated heterocycles. The number of rotatable bonds is 5. The molecule has 2 N–H and O–H groups in total. The molecule has 0 fully saturated rings. The van der Waals surface area contributed by atoms with E-state index in [1.807, 2.05) is 6.07 Å². The zero-order valence-electron chi connectivity index (χ0n) is 14.9. The summed E-state index contributed by atoms with van der Waals surface area (Å²) >= 11 is 2.98. The summed E-state index contributed by atoms with van der Waals surface area (Å²) in [6, 6.07) is 14.5. The van der Waals surface area contributed by atoms with Gasteiger partial charge in [0, 0.05) is 5.56 Å². The highest BCUT2D eigenvalue weighted by Crippen LogP contribution is 2.30. The second-order valence-corrected chi connectivity index (χ2v) is 6.58. The molecule has 0 unspecified atom stereocenters. The first kappa shape index (κ1) is 21.1. The lowest BCUT2D eigenvalue weighted by Crippen LogP contribution is -2.17. The average molecular weight is 478 g/mol. The molecule has 0 atom stereocenters. The SMILES string of the molecule is N#Cc1c(-c2ccccc2)nc(NN=Cc2ccc(Br)c(OC(F)(F)F)c2)[nH]c1=O. The van der Waals surface area contributed by atoms with E-state index < -0.39 is 17.7 Å². The van der Waals surface area contributed by atoms with Crippen molar-refractivity contribution in [3.8, 4) is 23.1 Å². The van der Waals surface area contributed by atoms with Crippen LogP contribution in [-0.2, 0) is 0 Å². The first-order valence-corrected chi connectivity index (χ1v) is 9.00. The molecule has 0 amide bonds. The Morgan fingerprint density at radius 1 is 1.23 bits per heavy atom. The molecule has 1 heterocycles. The molecule has 0 radical (unpaired) electrons. The highest BCUT2D eigenvalue weighted by Gasteiger charge is 2.32. The monoisotopic (exact) mass is 477 g/mol. The van der Waals surface area contributed by atoms with Gasteiger partial charge in [0.2, 0.25) is 5.95 Å². The summed E-state index contributed by atoms with van der Waals surface area (Å²) in [5, 5.41) is 13.1. The van der Waals surface area contributed by atoms with Gasteiger partial charge >= 0.3 is 6.36 Å². The largest absolute Gasteiger partial charge is 0.573 e. The zero-order valence-corrected chi connectivity index (χ0v) is 16.5. The van der Waals surface area contributed by atoms with E-state index in [9.17, 15) is 23.2 Å². The van der Waals surface area contributed by atoms with Gasteiger partial charge in [0.25, 0.3) is 5.56 Å². The Labute approximate surface area is 176 Å². The van der Waals surface area contributed by atoms with Crippen molar-refractivity contribution in [2.45, 2.75) is 6.36 Å². The van der Waals surface area contributed by atoms with E-state index in [2.05, 4.69) is 41.2 Å². The highest BCUT2D eigenvalue weighted by atomic mass is 79.9. The molecule has 11 heteroatoms. The number of aromatic nitrogens is 2. The van der Waals surface area contributed by atoms with E-state index in [1.54, 1.807) is 30.3 Å². The Bertz CT molecular complexity index is 1190. The molecule has 2 aromatic carbocycles. The zero-order chi connectivity index (χ0) is 21.7. The predicted octanol–water partition coefficient (Wildman–Crippen LogP) is 4.42. The van der Waals surface area contributed by atoms with E-state index in [0.29, 0.717) is 11.1 Å². The normalized spacial score (nSPS) is 11.3. The molecule has 0 aliphatic rings. The van der Waals surface area contributed by atoms with Crippen molar-refractivity contribution in [2.24, 2.45) is 5.10 Å². The van der Waals surface area contributed by atoms with Gasteiger partial charge in [-0.1, -0.05) is 36.4 Å². The van der Waals surface area contributed by atoms with E-state index in [1.165, 1.54) is 18.3 Å². The number of nitrogens with zero attached hydrogens (tertiary/aromatic N) is 3. The van der Waals surface area contributed by atoms with Crippen molar-refractivity contribution < 1.29 is 17.9 Å². The van der Waals surface area contributed by atoms with Crippen LogP contribution in [0.15, 0.2) is 62.9 Å². The number of H-pyrrole nitrogens is 1. The van der Waals surface area contributed by atoms with Crippen LogP contribution in [0.25, 0.3) is 11.3 Å². The van der Waals surface area contributed by atoms with Crippen molar-refractivity contribution in [1.82, 2.24) is 9.97 Å². The smallest absolute Gasteiger partial charge is 0.405 e. The lowest BCUT2D eigenvalue weighted by molar-refractivity contribution is -0.274. The minimum Gasteiger partial charge on any atom is -0.405 e. The number of hydrogen-bond acceptors (Lipinski definition) is 6. The number of hydrazone groups is 1. The van der Waals surface area contributed by atoms with Gasteiger partial charge in [0.1, 0.15) is 17.4 Å². The van der Waals surface area contributed by atoms with E-state index in [-0.39, 0.29) is 21.7 Å². The Morgan fingerprint density at radius 2 is 1.97 bits per heavy atom. The predicted molar refractivity (Wildman–Crippen MR) is 107 cm³/mol. The standard InChI is InChI=1S/C19H11BrF3N5O2/c20-14-7-6-11(8-15(14)30-19(21,22)23)10-25-28-18-26-16(12-4-2-1-3-5-12)13(9-24)17(29)27-18/h1-8,10H,(H2,26,27,28,29). The summed E-state index contributed by atoms with van der Waals surface area (Å²) < 4.78 is 41.4. The molecule has 3 aromatic rings. The molecule has 0 bridgehead atoms. The van der Waals surface area contributed by atoms with E-state index >= 15 is 0 Å². The van der Waals surface area contributed by atoms with Crippen LogP contribution in [0.5, 0.6) is 5.75 Å². The number of nitrogens with one attached hydrogen (secondary N) is 2. The maximum Gasteiger partial charge on any atom is 0.573 e. The third kappa shape index (κ3) is 5.24. The third-order valence-corrected chi connectivity index (χ3v) is 4.30. The lowest BCUT2D eigenvalue weighted by atomic mass is 10.1. The molecule has 0 saturated carbocycles. The fourth-order valence-corrected chi connectivity index (χ4v) is 2.73. The van der Waals surface area contributed by atoms with Crippen LogP contribution in [0.1, 0.15) is 11.1 Å². The van der Waals surface area contributed by atoms with Crippen molar-refractivity contribution >= 4 is 28.1 Å². The lowest BCUT2D eigenvalue weighted by Gasteiger charge is -2.10. The second kappa shape index (κ2) is 8.79. The van der Waals surface area contributed by atoms with Crippen LogP contribution in [-0.4, -0.2) is 22.5 Å². The van der Waals surface area contributed by atoms with Crippen molar-refractivity contribution in [2.75, 3.05) is 5.43 Å². The molecule has 0 aliphatic carbocycles. The molecule has 0 spiro atoms. The van der Waals surface area contributed by atoms with Gasteiger partial charge < -0.3 is 4.74 Å². The Hall–Kier alpha value is -3.65.